The fourth-order valence-electron chi connectivity index (χ4n) is 1.47. The Balaban J connectivity index is 3.24. The molecule has 0 radical (unpaired) electrons. The SMILES string of the molecule is C=C(OC)C1=C(C)C(C)=NC(=C)N1NC. The molecular formula is C11H17N3O. The van der Waals surface area contributed by atoms with Crippen molar-refractivity contribution in [3.8, 4) is 0 Å². The number of methoxy groups -OCH3 is 1. The Bertz CT molecular complexity index is 366. The van der Waals surface area contributed by atoms with Crippen LogP contribution in [0.2, 0.25) is 0 Å². The maximum Gasteiger partial charge on any atom is 0.140 e. The number of aliphatic imine (C=N–C) groups is 1. The van der Waals surface area contributed by atoms with Crippen molar-refractivity contribution in [3.63, 3.8) is 0 Å². The second-order valence-corrected chi connectivity index (χ2v) is 3.27. The Morgan fingerprint density at radius 1 is 1.47 bits per heavy atom. The molecule has 1 heterocycles. The van der Waals surface area contributed by atoms with Crippen molar-refractivity contribution in [1.29, 1.82) is 0 Å². The highest BCUT2D eigenvalue weighted by Crippen LogP contribution is 2.26. The molecule has 15 heavy (non-hydrogen) atoms. The van der Waals surface area contributed by atoms with Gasteiger partial charge >= 0.3 is 0 Å². The minimum absolute atomic E-state index is 0.595. The largest absolute Gasteiger partial charge is 0.495 e. The van der Waals surface area contributed by atoms with Crippen LogP contribution < -0.4 is 5.43 Å². The van der Waals surface area contributed by atoms with Crippen molar-refractivity contribution < 1.29 is 4.74 Å². The van der Waals surface area contributed by atoms with Crippen LogP contribution in [0.3, 0.4) is 0 Å². The smallest absolute Gasteiger partial charge is 0.140 e. The second-order valence-electron chi connectivity index (χ2n) is 3.27. The molecule has 1 aliphatic rings. The fraction of sp³-hybridized carbons (Fsp3) is 0.364. The summed E-state index contributed by atoms with van der Waals surface area (Å²) in [5, 5.41) is 1.76. The van der Waals surface area contributed by atoms with Gasteiger partial charge in [-0.25, -0.2) is 10.4 Å². The van der Waals surface area contributed by atoms with Crippen LogP contribution >= 0.6 is 0 Å². The van der Waals surface area contributed by atoms with E-state index < -0.39 is 0 Å². The Hall–Kier alpha value is -1.55. The van der Waals surface area contributed by atoms with E-state index in [2.05, 4.69) is 23.6 Å². The predicted molar refractivity (Wildman–Crippen MR) is 62.0 cm³/mol. The lowest BCUT2D eigenvalue weighted by atomic mass is 10.1. The van der Waals surface area contributed by atoms with Gasteiger partial charge in [0.15, 0.2) is 0 Å². The Morgan fingerprint density at radius 3 is 2.53 bits per heavy atom. The molecule has 0 aliphatic carbocycles. The number of hydrazine groups is 1. The lowest BCUT2D eigenvalue weighted by molar-refractivity contribution is 0.250. The average Bonchev–Trinajstić information content (AvgIpc) is 2.21. The van der Waals surface area contributed by atoms with Crippen LogP contribution in [0, 0.1) is 0 Å². The first-order chi connectivity index (χ1) is 7.02. The van der Waals surface area contributed by atoms with E-state index in [-0.39, 0.29) is 0 Å². The van der Waals surface area contributed by atoms with E-state index in [0.29, 0.717) is 11.6 Å². The molecule has 0 fully saturated rings. The maximum atomic E-state index is 5.16. The molecule has 1 rings (SSSR count). The molecule has 0 aromatic heterocycles. The number of rotatable bonds is 3. The predicted octanol–water partition coefficient (Wildman–Crippen LogP) is 1.80. The highest BCUT2D eigenvalue weighted by atomic mass is 16.5. The zero-order chi connectivity index (χ0) is 11.6. The summed E-state index contributed by atoms with van der Waals surface area (Å²) >= 11 is 0. The topological polar surface area (TPSA) is 36.9 Å². The van der Waals surface area contributed by atoms with Crippen molar-refractivity contribution in [3.05, 3.63) is 36.0 Å². The monoisotopic (exact) mass is 207 g/mol. The standard InChI is InChI=1S/C11H17N3O/c1-7-8(2)13-10(4)14(12-5)11(7)9(3)15-6/h12H,3-4H2,1-2,5-6H3. The minimum atomic E-state index is 0.595. The van der Waals surface area contributed by atoms with Gasteiger partial charge in [-0.15, -0.1) is 0 Å². The Labute approximate surface area is 90.6 Å². The first-order valence-electron chi connectivity index (χ1n) is 4.69. The van der Waals surface area contributed by atoms with Crippen molar-refractivity contribution in [2.75, 3.05) is 14.2 Å². The van der Waals surface area contributed by atoms with Gasteiger partial charge in [-0.2, -0.15) is 0 Å². The van der Waals surface area contributed by atoms with E-state index >= 15 is 0 Å². The van der Waals surface area contributed by atoms with E-state index in [1.165, 1.54) is 0 Å². The number of ether oxygens (including phenoxy) is 1. The van der Waals surface area contributed by atoms with Crippen LogP contribution in [0.15, 0.2) is 41.0 Å². The highest BCUT2D eigenvalue weighted by molar-refractivity contribution is 6.00. The number of hydrogen-bond donors (Lipinski definition) is 1. The molecule has 0 saturated carbocycles. The first kappa shape index (κ1) is 11.5. The summed E-state index contributed by atoms with van der Waals surface area (Å²) in [4.78, 5) is 4.31. The van der Waals surface area contributed by atoms with Crippen LogP contribution in [0.5, 0.6) is 0 Å². The maximum absolute atomic E-state index is 5.16. The lowest BCUT2D eigenvalue weighted by Gasteiger charge is -2.31. The van der Waals surface area contributed by atoms with Gasteiger partial charge in [0, 0.05) is 12.8 Å². The molecule has 0 atom stereocenters. The number of allylic oxidation sites excluding steroid dienone is 1. The summed E-state index contributed by atoms with van der Waals surface area (Å²) in [5.41, 5.74) is 5.83. The van der Waals surface area contributed by atoms with Gasteiger partial charge in [-0.3, -0.25) is 5.01 Å². The van der Waals surface area contributed by atoms with Crippen LogP contribution in [-0.2, 0) is 4.74 Å². The molecule has 0 unspecified atom stereocenters. The van der Waals surface area contributed by atoms with Gasteiger partial charge in [0.25, 0.3) is 0 Å². The van der Waals surface area contributed by atoms with Gasteiger partial charge in [0.1, 0.15) is 17.3 Å². The van der Waals surface area contributed by atoms with Gasteiger partial charge in [0.05, 0.1) is 7.11 Å². The lowest BCUT2D eigenvalue weighted by Crippen LogP contribution is -2.37. The molecule has 0 aromatic carbocycles. The molecule has 0 saturated heterocycles. The highest BCUT2D eigenvalue weighted by Gasteiger charge is 2.23. The molecule has 0 aromatic rings. The fourth-order valence-corrected chi connectivity index (χ4v) is 1.47. The molecule has 1 aliphatic heterocycles. The van der Waals surface area contributed by atoms with Gasteiger partial charge in [-0.05, 0) is 19.4 Å². The third-order valence-electron chi connectivity index (χ3n) is 2.41. The van der Waals surface area contributed by atoms with Crippen LogP contribution in [0.25, 0.3) is 0 Å². The van der Waals surface area contributed by atoms with Gasteiger partial charge in [-0.1, -0.05) is 13.2 Å². The molecule has 0 amide bonds. The van der Waals surface area contributed by atoms with Gasteiger partial charge in [0.2, 0.25) is 0 Å². The van der Waals surface area contributed by atoms with Crippen LogP contribution in [0.4, 0.5) is 0 Å². The molecule has 1 N–H and O–H groups in total. The number of nitrogens with zero attached hydrogens (tertiary/aromatic N) is 2. The summed E-state index contributed by atoms with van der Waals surface area (Å²) < 4.78 is 5.16. The summed E-state index contributed by atoms with van der Waals surface area (Å²) in [7, 11) is 3.40. The quantitative estimate of drug-likeness (QED) is 0.717. The zero-order valence-electron chi connectivity index (χ0n) is 9.72. The van der Waals surface area contributed by atoms with Crippen molar-refractivity contribution in [2.45, 2.75) is 13.8 Å². The average molecular weight is 207 g/mol. The molecule has 4 heteroatoms. The molecule has 82 valence electrons. The summed E-state index contributed by atoms with van der Waals surface area (Å²) in [5.74, 6) is 1.23. The van der Waals surface area contributed by atoms with Crippen LogP contribution in [0.1, 0.15) is 13.8 Å². The summed E-state index contributed by atoms with van der Waals surface area (Å²) in [6, 6.07) is 0. The first-order valence-corrected chi connectivity index (χ1v) is 4.69. The zero-order valence-corrected chi connectivity index (χ0v) is 9.72. The van der Waals surface area contributed by atoms with E-state index in [9.17, 15) is 0 Å². The Kier molecular flexibility index (Phi) is 3.31. The van der Waals surface area contributed by atoms with Gasteiger partial charge < -0.3 is 4.74 Å². The number of nitrogens with one attached hydrogen (secondary N) is 1. The van der Waals surface area contributed by atoms with E-state index in [4.69, 9.17) is 4.74 Å². The van der Waals surface area contributed by atoms with E-state index in [0.717, 1.165) is 17.0 Å². The molecular weight excluding hydrogens is 190 g/mol. The second kappa shape index (κ2) is 4.31. The summed E-state index contributed by atoms with van der Waals surface area (Å²) in [6.07, 6.45) is 0. The van der Waals surface area contributed by atoms with Crippen molar-refractivity contribution in [1.82, 2.24) is 10.4 Å². The molecule has 0 spiro atoms. The third-order valence-corrected chi connectivity index (χ3v) is 2.41. The van der Waals surface area contributed by atoms with E-state index in [1.807, 2.05) is 13.8 Å². The third kappa shape index (κ3) is 1.94. The normalized spacial score (nSPS) is 16.7. The summed E-state index contributed by atoms with van der Waals surface area (Å²) in [6.45, 7) is 11.6. The Morgan fingerprint density at radius 2 is 2.07 bits per heavy atom. The minimum Gasteiger partial charge on any atom is -0.495 e. The molecule has 4 nitrogen and oxygen atoms in total. The van der Waals surface area contributed by atoms with Crippen molar-refractivity contribution >= 4 is 5.71 Å². The van der Waals surface area contributed by atoms with Crippen molar-refractivity contribution in [2.24, 2.45) is 4.99 Å². The number of hydrogen-bond acceptors (Lipinski definition) is 4. The molecule has 0 bridgehead atoms. The van der Waals surface area contributed by atoms with Crippen LogP contribution in [-0.4, -0.2) is 24.9 Å². The van der Waals surface area contributed by atoms with E-state index in [1.54, 1.807) is 19.2 Å².